The van der Waals surface area contributed by atoms with Crippen molar-refractivity contribution in [3.8, 4) is 17.2 Å². The van der Waals surface area contributed by atoms with Crippen molar-refractivity contribution in [1.82, 2.24) is 14.5 Å². The Morgan fingerprint density at radius 3 is 2.23 bits per heavy atom. The van der Waals surface area contributed by atoms with Gasteiger partial charge in [0, 0.05) is 37.9 Å². The van der Waals surface area contributed by atoms with Crippen LogP contribution in [-0.2, 0) is 0 Å². The molecule has 48 heavy (non-hydrogen) atoms. The molecular weight excluding hydrogens is 603 g/mol. The number of fused-ring (bicyclic) bond motifs is 10. The van der Waals surface area contributed by atoms with Crippen LogP contribution in [0.15, 0.2) is 141 Å². The molecule has 8 aromatic rings. The summed E-state index contributed by atoms with van der Waals surface area (Å²) in [5.41, 5.74) is 7.30. The van der Waals surface area contributed by atoms with Crippen LogP contribution in [0, 0.1) is 0 Å². The van der Waals surface area contributed by atoms with E-state index in [4.69, 9.17) is 9.97 Å². The smallest absolute Gasteiger partial charge is 0.162 e. The van der Waals surface area contributed by atoms with Crippen LogP contribution in [0.3, 0.4) is 0 Å². The van der Waals surface area contributed by atoms with E-state index in [1.807, 2.05) is 48.6 Å². The lowest BCUT2D eigenvalue weighted by molar-refractivity contribution is 1.04. The number of benzene rings is 5. The van der Waals surface area contributed by atoms with Crippen LogP contribution < -0.4 is 0 Å². The van der Waals surface area contributed by atoms with Crippen molar-refractivity contribution in [3.63, 3.8) is 0 Å². The van der Waals surface area contributed by atoms with E-state index in [2.05, 4.69) is 128 Å². The average Bonchev–Trinajstić information content (AvgIpc) is 3.70. The Kier molecular flexibility index (Phi) is 7.43. The predicted molar refractivity (Wildman–Crippen MR) is 210 cm³/mol. The minimum atomic E-state index is 0.675. The highest BCUT2D eigenvalue weighted by atomic mass is 32.1. The molecule has 0 unspecified atom stereocenters. The second-order valence-corrected chi connectivity index (χ2v) is 12.8. The summed E-state index contributed by atoms with van der Waals surface area (Å²) in [6.07, 6.45) is 14.2. The van der Waals surface area contributed by atoms with Gasteiger partial charge in [-0.2, -0.15) is 0 Å². The van der Waals surface area contributed by atoms with Crippen LogP contribution in [0.4, 0.5) is 0 Å². The van der Waals surface area contributed by atoms with Crippen LogP contribution in [0.1, 0.15) is 30.7 Å². The lowest BCUT2D eigenvalue weighted by atomic mass is 9.95. The lowest BCUT2D eigenvalue weighted by Gasteiger charge is -2.13. The molecule has 3 aromatic heterocycles. The van der Waals surface area contributed by atoms with Crippen molar-refractivity contribution >= 4 is 81.8 Å². The van der Waals surface area contributed by atoms with E-state index >= 15 is 0 Å². The molecule has 0 spiro atoms. The molecule has 0 radical (unpaired) electrons. The van der Waals surface area contributed by atoms with Gasteiger partial charge in [-0.3, -0.25) is 4.57 Å². The summed E-state index contributed by atoms with van der Waals surface area (Å²) in [7, 11) is 0. The first kappa shape index (κ1) is 29.6. The Morgan fingerprint density at radius 2 is 1.50 bits per heavy atom. The summed E-state index contributed by atoms with van der Waals surface area (Å²) in [5, 5.41) is 7.43. The summed E-state index contributed by atoms with van der Waals surface area (Å²) >= 11 is 1.85. The number of hydrogen-bond acceptors (Lipinski definition) is 3. The number of rotatable bonds is 7. The van der Waals surface area contributed by atoms with Gasteiger partial charge in [0.1, 0.15) is 5.82 Å². The third kappa shape index (κ3) is 4.56. The van der Waals surface area contributed by atoms with Crippen molar-refractivity contribution in [2.24, 2.45) is 0 Å². The van der Waals surface area contributed by atoms with E-state index < -0.39 is 0 Å². The van der Waals surface area contributed by atoms with Crippen LogP contribution in [0.2, 0.25) is 0 Å². The van der Waals surface area contributed by atoms with Crippen LogP contribution >= 0.6 is 11.3 Å². The molecule has 0 N–H and O–H groups in total. The predicted octanol–water partition coefficient (Wildman–Crippen LogP) is 12.6. The van der Waals surface area contributed by atoms with E-state index in [9.17, 15) is 0 Å². The van der Waals surface area contributed by atoms with E-state index in [1.165, 1.54) is 41.7 Å². The Bertz CT molecular complexity index is 2660. The molecule has 0 amide bonds. The fourth-order valence-corrected chi connectivity index (χ4v) is 8.24. The minimum Gasteiger partial charge on any atom is -0.292 e. The number of thiophene rings is 1. The van der Waals surface area contributed by atoms with Crippen LogP contribution in [0.5, 0.6) is 0 Å². The number of nitrogens with zero attached hydrogens (tertiary/aromatic N) is 3. The molecule has 0 fully saturated rings. The van der Waals surface area contributed by atoms with Gasteiger partial charge in [-0.25, -0.2) is 9.97 Å². The summed E-state index contributed by atoms with van der Waals surface area (Å²) in [5.74, 6) is 1.49. The summed E-state index contributed by atoms with van der Waals surface area (Å²) in [4.78, 5) is 10.5. The lowest BCUT2D eigenvalue weighted by Crippen LogP contribution is -2.04. The molecule has 5 aromatic carbocycles. The van der Waals surface area contributed by atoms with Gasteiger partial charge >= 0.3 is 0 Å². The molecular formula is C44H33N3S. The molecule has 0 atom stereocenters. The van der Waals surface area contributed by atoms with E-state index in [0.29, 0.717) is 5.82 Å². The van der Waals surface area contributed by atoms with Gasteiger partial charge < -0.3 is 0 Å². The van der Waals surface area contributed by atoms with Crippen LogP contribution in [-0.4, -0.2) is 14.5 Å². The second kappa shape index (κ2) is 12.1. The molecule has 0 saturated heterocycles. The highest BCUT2D eigenvalue weighted by Crippen LogP contribution is 2.49. The molecule has 0 saturated carbocycles. The zero-order valence-electron chi connectivity index (χ0n) is 26.9. The minimum absolute atomic E-state index is 0.675. The summed E-state index contributed by atoms with van der Waals surface area (Å²) < 4.78 is 4.88. The largest absolute Gasteiger partial charge is 0.292 e. The summed E-state index contributed by atoms with van der Waals surface area (Å²) in [6, 6.07) is 34.4. The third-order valence-corrected chi connectivity index (χ3v) is 10.2. The maximum Gasteiger partial charge on any atom is 0.162 e. The fraction of sp³-hybridized carbons (Fsp3) is 0.0455. The topological polar surface area (TPSA) is 30.7 Å². The monoisotopic (exact) mass is 635 g/mol. The average molecular weight is 636 g/mol. The SMILES string of the molecule is C=C/C=C\C(=C/C)c1cc(-n2c3ccc(C=C)c(/C=C\C)c3c3c4ccccc4c4c5ccccc5sc4c32)nc(-c2ccccc2)n1. The highest BCUT2D eigenvalue weighted by molar-refractivity contribution is 7.27. The van der Waals surface area contributed by atoms with E-state index in [0.717, 1.165) is 44.8 Å². The fourth-order valence-electron chi connectivity index (χ4n) is 6.98. The highest BCUT2D eigenvalue weighted by Gasteiger charge is 2.25. The Balaban J connectivity index is 1.64. The van der Waals surface area contributed by atoms with Crippen LogP contribution in [0.25, 0.3) is 87.7 Å². The van der Waals surface area contributed by atoms with Crippen molar-refractivity contribution in [1.29, 1.82) is 0 Å². The maximum absolute atomic E-state index is 5.35. The first-order valence-electron chi connectivity index (χ1n) is 16.2. The maximum atomic E-state index is 5.35. The Labute approximate surface area is 283 Å². The van der Waals surface area contributed by atoms with Gasteiger partial charge in [0.05, 0.1) is 21.4 Å². The van der Waals surface area contributed by atoms with Gasteiger partial charge in [0.15, 0.2) is 5.82 Å². The standard InChI is InChI=1S/C44H33N3S/c1-5-9-18-29(8-4)35-27-38(46-44(45-35)30-19-11-10-12-20-30)47-36-26-25-28(7-3)31(17-6-2)40(36)41-33-22-14-13-21-32(33)39-34-23-15-16-24-37(34)48-43(39)42(41)47/h5-27H,1,3H2,2,4H3/b17-6-,18-9-,29-8+. The van der Waals surface area contributed by atoms with Crippen molar-refractivity contribution < 1.29 is 0 Å². The van der Waals surface area contributed by atoms with Crippen molar-refractivity contribution in [2.45, 2.75) is 13.8 Å². The molecule has 4 heteroatoms. The molecule has 0 bridgehead atoms. The van der Waals surface area contributed by atoms with Gasteiger partial charge in [-0.1, -0.05) is 135 Å². The number of hydrogen-bond donors (Lipinski definition) is 0. The first-order chi connectivity index (χ1) is 23.7. The summed E-state index contributed by atoms with van der Waals surface area (Å²) in [6.45, 7) is 12.2. The van der Waals surface area contributed by atoms with E-state index in [1.54, 1.807) is 6.08 Å². The number of allylic oxidation sites excluding steroid dienone is 6. The normalized spacial score (nSPS) is 12.5. The van der Waals surface area contributed by atoms with Gasteiger partial charge in [0.25, 0.3) is 0 Å². The molecule has 0 aliphatic rings. The molecule has 0 aliphatic carbocycles. The zero-order chi connectivity index (χ0) is 32.8. The Hall–Kier alpha value is -5.84. The van der Waals surface area contributed by atoms with Gasteiger partial charge in [0.2, 0.25) is 0 Å². The van der Waals surface area contributed by atoms with E-state index in [-0.39, 0.29) is 0 Å². The zero-order valence-corrected chi connectivity index (χ0v) is 27.8. The third-order valence-electron chi connectivity index (χ3n) is 9.03. The molecule has 3 nitrogen and oxygen atoms in total. The second-order valence-electron chi connectivity index (χ2n) is 11.7. The van der Waals surface area contributed by atoms with Gasteiger partial charge in [-0.05, 0) is 53.5 Å². The Morgan fingerprint density at radius 1 is 0.771 bits per heavy atom. The molecule has 8 rings (SSSR count). The molecule has 0 aliphatic heterocycles. The van der Waals surface area contributed by atoms with Crippen molar-refractivity contribution in [3.05, 3.63) is 157 Å². The first-order valence-corrected chi connectivity index (χ1v) is 17.0. The quantitative estimate of drug-likeness (QED) is 0.163. The molecule has 230 valence electrons. The molecule has 3 heterocycles. The van der Waals surface area contributed by atoms with Crippen molar-refractivity contribution in [2.75, 3.05) is 0 Å². The van der Waals surface area contributed by atoms with Gasteiger partial charge in [-0.15, -0.1) is 11.3 Å². The number of aromatic nitrogens is 3.